The van der Waals surface area contributed by atoms with E-state index in [-0.39, 0.29) is 11.3 Å². The van der Waals surface area contributed by atoms with Gasteiger partial charge >= 0.3 is 11.9 Å². The zero-order valence-electron chi connectivity index (χ0n) is 14.9. The molecule has 0 saturated heterocycles. The summed E-state index contributed by atoms with van der Waals surface area (Å²) in [4.78, 5) is 24.8. The van der Waals surface area contributed by atoms with Crippen LogP contribution in [0, 0.1) is 6.92 Å². The highest BCUT2D eigenvalue weighted by Gasteiger charge is 2.28. The number of carbonyl (C=O) groups excluding carboxylic acids is 2. The van der Waals surface area contributed by atoms with Crippen molar-refractivity contribution in [3.8, 4) is 16.9 Å². The van der Waals surface area contributed by atoms with Gasteiger partial charge in [-0.1, -0.05) is 48.0 Å². The molecule has 1 heterocycles. The standard InChI is InChI=1S/C21H19NO4/c1-14-9-11-15(12-10-14)18-13-17(20(23)25-2)19(21(24)26-3)22(18)16-7-5-4-6-8-16/h4-13H,1-3H3. The molecule has 0 amide bonds. The zero-order chi connectivity index (χ0) is 18.7. The Bertz CT molecular complexity index is 940. The summed E-state index contributed by atoms with van der Waals surface area (Å²) < 4.78 is 11.5. The third-order valence-electron chi connectivity index (χ3n) is 4.15. The van der Waals surface area contributed by atoms with Crippen molar-refractivity contribution < 1.29 is 19.1 Å². The van der Waals surface area contributed by atoms with Gasteiger partial charge < -0.3 is 14.0 Å². The molecule has 0 aliphatic heterocycles. The predicted molar refractivity (Wildman–Crippen MR) is 98.6 cm³/mol. The number of methoxy groups -OCH3 is 2. The monoisotopic (exact) mass is 349 g/mol. The molecule has 0 unspecified atom stereocenters. The number of aromatic nitrogens is 1. The van der Waals surface area contributed by atoms with Crippen molar-refractivity contribution in [1.29, 1.82) is 0 Å². The summed E-state index contributed by atoms with van der Waals surface area (Å²) in [6, 6.07) is 18.9. The molecule has 0 aliphatic rings. The number of benzene rings is 2. The molecule has 5 nitrogen and oxygen atoms in total. The van der Waals surface area contributed by atoms with Crippen molar-refractivity contribution in [2.75, 3.05) is 14.2 Å². The molecule has 0 radical (unpaired) electrons. The van der Waals surface area contributed by atoms with E-state index in [1.165, 1.54) is 14.2 Å². The van der Waals surface area contributed by atoms with Crippen LogP contribution in [-0.2, 0) is 9.47 Å². The molecule has 26 heavy (non-hydrogen) atoms. The minimum absolute atomic E-state index is 0.140. The van der Waals surface area contributed by atoms with Gasteiger partial charge in [0.05, 0.1) is 25.5 Å². The van der Waals surface area contributed by atoms with E-state index in [1.807, 2.05) is 61.5 Å². The van der Waals surface area contributed by atoms with Gasteiger partial charge in [-0.25, -0.2) is 9.59 Å². The lowest BCUT2D eigenvalue weighted by Crippen LogP contribution is -2.15. The highest BCUT2D eigenvalue weighted by atomic mass is 16.5. The Labute approximate surface area is 151 Å². The van der Waals surface area contributed by atoms with Crippen LogP contribution in [0.1, 0.15) is 26.4 Å². The van der Waals surface area contributed by atoms with Gasteiger partial charge in [0.15, 0.2) is 0 Å². The number of esters is 2. The minimum Gasteiger partial charge on any atom is -0.465 e. The van der Waals surface area contributed by atoms with Gasteiger partial charge in [0.2, 0.25) is 0 Å². The lowest BCUT2D eigenvalue weighted by Gasteiger charge is -2.13. The van der Waals surface area contributed by atoms with E-state index in [0.29, 0.717) is 5.69 Å². The number of nitrogens with zero attached hydrogens (tertiary/aromatic N) is 1. The Morgan fingerprint density at radius 2 is 1.46 bits per heavy atom. The first-order valence-electron chi connectivity index (χ1n) is 8.11. The minimum atomic E-state index is -0.604. The topological polar surface area (TPSA) is 57.5 Å². The molecule has 3 aromatic rings. The summed E-state index contributed by atoms with van der Waals surface area (Å²) in [6.45, 7) is 2.00. The van der Waals surface area contributed by atoms with Crippen LogP contribution in [-0.4, -0.2) is 30.7 Å². The Kier molecular flexibility index (Phi) is 4.89. The predicted octanol–water partition coefficient (Wildman–Crippen LogP) is 4.03. The van der Waals surface area contributed by atoms with E-state index in [0.717, 1.165) is 16.8 Å². The number of hydrogen-bond acceptors (Lipinski definition) is 4. The summed E-state index contributed by atoms with van der Waals surface area (Å²) in [6.07, 6.45) is 0. The molecule has 2 aromatic carbocycles. The summed E-state index contributed by atoms with van der Waals surface area (Å²) >= 11 is 0. The second-order valence-electron chi connectivity index (χ2n) is 5.81. The molecule has 132 valence electrons. The number of para-hydroxylation sites is 1. The summed E-state index contributed by atoms with van der Waals surface area (Å²) in [7, 11) is 2.58. The lowest BCUT2D eigenvalue weighted by molar-refractivity contribution is 0.0549. The van der Waals surface area contributed by atoms with Crippen molar-refractivity contribution in [3.05, 3.63) is 77.5 Å². The zero-order valence-corrected chi connectivity index (χ0v) is 14.9. The normalized spacial score (nSPS) is 10.4. The Morgan fingerprint density at radius 3 is 2.04 bits per heavy atom. The van der Waals surface area contributed by atoms with E-state index < -0.39 is 11.9 Å². The second kappa shape index (κ2) is 7.27. The van der Waals surface area contributed by atoms with Crippen molar-refractivity contribution in [1.82, 2.24) is 4.57 Å². The molecule has 0 atom stereocenters. The van der Waals surface area contributed by atoms with Crippen LogP contribution in [0.25, 0.3) is 16.9 Å². The number of hydrogen-bond donors (Lipinski definition) is 0. The van der Waals surface area contributed by atoms with Crippen LogP contribution in [0.15, 0.2) is 60.7 Å². The molecule has 0 bridgehead atoms. The first-order chi connectivity index (χ1) is 12.6. The van der Waals surface area contributed by atoms with Crippen LogP contribution < -0.4 is 0 Å². The second-order valence-corrected chi connectivity index (χ2v) is 5.81. The lowest BCUT2D eigenvalue weighted by atomic mass is 10.1. The fourth-order valence-electron chi connectivity index (χ4n) is 2.86. The first-order valence-corrected chi connectivity index (χ1v) is 8.11. The van der Waals surface area contributed by atoms with Gasteiger partial charge in [-0.3, -0.25) is 0 Å². The molecule has 0 aliphatic carbocycles. The molecule has 0 fully saturated rings. The highest BCUT2D eigenvalue weighted by Crippen LogP contribution is 2.31. The molecule has 0 N–H and O–H groups in total. The fourth-order valence-corrected chi connectivity index (χ4v) is 2.86. The van der Waals surface area contributed by atoms with E-state index in [4.69, 9.17) is 9.47 Å². The van der Waals surface area contributed by atoms with Crippen molar-refractivity contribution in [2.24, 2.45) is 0 Å². The maximum Gasteiger partial charge on any atom is 0.355 e. The van der Waals surface area contributed by atoms with Gasteiger partial charge in [0.1, 0.15) is 5.69 Å². The molecule has 0 spiro atoms. The van der Waals surface area contributed by atoms with Gasteiger partial charge in [-0.2, -0.15) is 0 Å². The number of aryl methyl sites for hydroxylation is 1. The number of carbonyl (C=O) groups is 2. The van der Waals surface area contributed by atoms with E-state index in [9.17, 15) is 9.59 Å². The molecule has 3 rings (SSSR count). The van der Waals surface area contributed by atoms with Crippen molar-refractivity contribution in [3.63, 3.8) is 0 Å². The van der Waals surface area contributed by atoms with E-state index in [2.05, 4.69) is 0 Å². The van der Waals surface area contributed by atoms with Crippen LogP contribution in [0.5, 0.6) is 0 Å². The summed E-state index contributed by atoms with van der Waals surface area (Å²) in [5, 5.41) is 0. The molecular weight excluding hydrogens is 330 g/mol. The highest BCUT2D eigenvalue weighted by molar-refractivity contribution is 6.04. The maximum absolute atomic E-state index is 12.5. The van der Waals surface area contributed by atoms with Crippen molar-refractivity contribution >= 4 is 11.9 Å². The largest absolute Gasteiger partial charge is 0.465 e. The third kappa shape index (κ3) is 3.11. The Morgan fingerprint density at radius 1 is 0.846 bits per heavy atom. The van der Waals surface area contributed by atoms with Crippen molar-refractivity contribution in [2.45, 2.75) is 6.92 Å². The van der Waals surface area contributed by atoms with Gasteiger partial charge in [0.25, 0.3) is 0 Å². The van der Waals surface area contributed by atoms with Crippen LogP contribution in [0.3, 0.4) is 0 Å². The Balaban J connectivity index is 2.36. The Hall–Kier alpha value is -3.34. The average Bonchev–Trinajstić information content (AvgIpc) is 3.08. The number of rotatable bonds is 4. The maximum atomic E-state index is 12.5. The summed E-state index contributed by atoms with van der Waals surface area (Å²) in [5.41, 5.74) is 3.75. The molecular formula is C21H19NO4. The molecule has 0 saturated carbocycles. The van der Waals surface area contributed by atoms with E-state index in [1.54, 1.807) is 10.6 Å². The molecule has 1 aromatic heterocycles. The van der Waals surface area contributed by atoms with Gasteiger partial charge in [-0.05, 0) is 30.7 Å². The van der Waals surface area contributed by atoms with Gasteiger partial charge in [-0.15, -0.1) is 0 Å². The average molecular weight is 349 g/mol. The third-order valence-corrected chi connectivity index (χ3v) is 4.15. The van der Waals surface area contributed by atoms with Crippen LogP contribution in [0.4, 0.5) is 0 Å². The fraction of sp³-hybridized carbons (Fsp3) is 0.143. The quantitative estimate of drug-likeness (QED) is 0.668. The van der Waals surface area contributed by atoms with Crippen LogP contribution >= 0.6 is 0 Å². The molecule has 5 heteroatoms. The number of ether oxygens (including phenoxy) is 2. The smallest absolute Gasteiger partial charge is 0.355 e. The summed E-state index contributed by atoms with van der Waals surface area (Å²) in [5.74, 6) is -1.19. The van der Waals surface area contributed by atoms with Crippen LogP contribution in [0.2, 0.25) is 0 Å². The van der Waals surface area contributed by atoms with E-state index >= 15 is 0 Å². The SMILES string of the molecule is COC(=O)c1cc(-c2ccc(C)cc2)n(-c2ccccc2)c1C(=O)OC. The van der Waals surface area contributed by atoms with Gasteiger partial charge in [0, 0.05) is 5.69 Å². The first kappa shape index (κ1) is 17.5.